The summed E-state index contributed by atoms with van der Waals surface area (Å²) < 4.78 is 48.7. The fourth-order valence-electron chi connectivity index (χ4n) is 6.46. The molecular formula is C32H40F3N5O6. The number of methoxy groups -OCH3 is 1. The number of nitrogens with zero attached hydrogens (tertiary/aromatic N) is 3. The highest BCUT2D eigenvalue weighted by molar-refractivity contribution is 5.87. The summed E-state index contributed by atoms with van der Waals surface area (Å²) in [6, 6.07) is 16.4. The Balaban J connectivity index is 0.000000537. The van der Waals surface area contributed by atoms with E-state index in [-0.39, 0.29) is 11.6 Å². The van der Waals surface area contributed by atoms with Crippen LogP contribution in [0.2, 0.25) is 0 Å². The fraction of sp³-hybridized carbons (Fsp3) is 0.500. The minimum absolute atomic E-state index is 0.00821. The Kier molecular flexibility index (Phi) is 10.6. The van der Waals surface area contributed by atoms with Crippen molar-refractivity contribution in [3.63, 3.8) is 0 Å². The Hall–Kier alpha value is -4.01. The number of urea groups is 1. The number of likely N-dealkylation sites (tertiary alicyclic amines) is 1. The minimum atomic E-state index is -5.08. The van der Waals surface area contributed by atoms with Gasteiger partial charge in [-0.25, -0.2) is 9.59 Å². The predicted octanol–water partition coefficient (Wildman–Crippen LogP) is 3.69. The van der Waals surface area contributed by atoms with E-state index in [0.29, 0.717) is 39.5 Å². The van der Waals surface area contributed by atoms with Gasteiger partial charge in [-0.2, -0.15) is 13.2 Å². The molecule has 1 unspecified atom stereocenters. The molecule has 2 saturated heterocycles. The number of amides is 2. The third kappa shape index (κ3) is 7.68. The lowest BCUT2D eigenvalue weighted by molar-refractivity contribution is -0.192. The molecule has 0 aliphatic carbocycles. The van der Waals surface area contributed by atoms with Gasteiger partial charge in [0, 0.05) is 69.0 Å². The third-order valence-electron chi connectivity index (χ3n) is 8.76. The molecule has 1 spiro atoms. The highest BCUT2D eigenvalue weighted by Gasteiger charge is 2.48. The van der Waals surface area contributed by atoms with Gasteiger partial charge in [-0.3, -0.25) is 9.80 Å². The second kappa shape index (κ2) is 14.6. The van der Waals surface area contributed by atoms with Gasteiger partial charge in [0.2, 0.25) is 0 Å². The first-order chi connectivity index (χ1) is 22.1. The van der Waals surface area contributed by atoms with Gasteiger partial charge in [0.05, 0.1) is 25.9 Å². The lowest BCUT2D eigenvalue weighted by Crippen LogP contribution is -2.55. The summed E-state index contributed by atoms with van der Waals surface area (Å²) in [5.74, 6) is -0.959. The van der Waals surface area contributed by atoms with E-state index < -0.39 is 12.1 Å². The van der Waals surface area contributed by atoms with Crippen molar-refractivity contribution in [2.45, 2.75) is 24.6 Å². The number of carbonyl (C=O) groups excluding carboxylic acids is 1. The number of H-pyrrole nitrogens is 1. The first kappa shape index (κ1) is 33.4. The molecule has 250 valence electrons. The standard InChI is InChI=1S/C30H39N5O4.C2HF3O2/c1-37-24-7-8-27-26(21-24)25-9-12-35(14-11-31-29(36)34-16-18-38-19-17-34)30(28(25)32-27)10-13-33(22-30)15-20-39-23-5-3-2-4-6-23;3-2(4,5)1(6)7/h2-8,21,32H,9-20,22H2,1H3,(H,31,36);(H,6,7). The molecule has 3 N–H and O–H groups in total. The number of halogens is 3. The smallest absolute Gasteiger partial charge is 0.490 e. The molecule has 11 nitrogen and oxygen atoms in total. The van der Waals surface area contributed by atoms with Crippen LogP contribution in [-0.4, -0.2) is 122 Å². The lowest BCUT2D eigenvalue weighted by atomic mass is 9.84. The second-order valence-corrected chi connectivity index (χ2v) is 11.5. The maximum Gasteiger partial charge on any atom is 0.490 e. The van der Waals surface area contributed by atoms with E-state index in [0.717, 1.165) is 62.6 Å². The number of rotatable bonds is 8. The van der Waals surface area contributed by atoms with Crippen LogP contribution in [0.3, 0.4) is 0 Å². The number of ether oxygens (including phenoxy) is 3. The molecule has 3 aliphatic heterocycles. The van der Waals surface area contributed by atoms with Gasteiger partial charge in [0.1, 0.15) is 18.1 Å². The monoisotopic (exact) mass is 647 g/mol. The third-order valence-corrected chi connectivity index (χ3v) is 8.76. The zero-order chi connectivity index (χ0) is 32.7. The largest absolute Gasteiger partial charge is 0.497 e. The van der Waals surface area contributed by atoms with Crippen molar-refractivity contribution in [1.29, 1.82) is 0 Å². The van der Waals surface area contributed by atoms with Crippen molar-refractivity contribution in [2.24, 2.45) is 0 Å². The van der Waals surface area contributed by atoms with Gasteiger partial charge in [-0.05, 0) is 48.7 Å². The topological polar surface area (TPSA) is 120 Å². The van der Waals surface area contributed by atoms with Crippen LogP contribution in [0, 0.1) is 0 Å². The van der Waals surface area contributed by atoms with Crippen LogP contribution < -0.4 is 14.8 Å². The number of hydrogen-bond donors (Lipinski definition) is 3. The molecule has 4 heterocycles. The molecule has 1 aromatic heterocycles. The molecule has 46 heavy (non-hydrogen) atoms. The summed E-state index contributed by atoms with van der Waals surface area (Å²) in [6.45, 7) is 8.39. The van der Waals surface area contributed by atoms with E-state index in [1.165, 1.54) is 16.6 Å². The Labute approximate surface area is 265 Å². The van der Waals surface area contributed by atoms with Crippen molar-refractivity contribution in [3.05, 3.63) is 59.8 Å². The number of aromatic amines is 1. The Morgan fingerprint density at radius 1 is 1.04 bits per heavy atom. The molecule has 2 aromatic carbocycles. The minimum Gasteiger partial charge on any atom is -0.497 e. The Morgan fingerprint density at radius 3 is 2.48 bits per heavy atom. The van der Waals surface area contributed by atoms with E-state index in [1.807, 2.05) is 41.3 Å². The van der Waals surface area contributed by atoms with Crippen LogP contribution in [0.4, 0.5) is 18.0 Å². The van der Waals surface area contributed by atoms with Crippen LogP contribution in [0.15, 0.2) is 48.5 Å². The van der Waals surface area contributed by atoms with Gasteiger partial charge in [0.25, 0.3) is 0 Å². The number of carboxylic acids is 1. The number of hydrogen-bond acceptors (Lipinski definition) is 7. The first-order valence-corrected chi connectivity index (χ1v) is 15.4. The summed E-state index contributed by atoms with van der Waals surface area (Å²) in [6.07, 6.45) is -3.08. The number of para-hydroxylation sites is 1. The van der Waals surface area contributed by atoms with Gasteiger partial charge in [-0.15, -0.1) is 0 Å². The van der Waals surface area contributed by atoms with Crippen molar-refractivity contribution >= 4 is 22.9 Å². The number of nitrogens with one attached hydrogen (secondary N) is 2. The van der Waals surface area contributed by atoms with E-state index in [9.17, 15) is 18.0 Å². The molecule has 2 fully saturated rings. The van der Waals surface area contributed by atoms with Crippen molar-refractivity contribution < 1.29 is 42.1 Å². The molecular weight excluding hydrogens is 607 g/mol. The molecule has 0 saturated carbocycles. The number of benzene rings is 2. The maximum atomic E-state index is 12.7. The fourth-order valence-corrected chi connectivity index (χ4v) is 6.46. The number of morpholine rings is 1. The van der Waals surface area contributed by atoms with Crippen molar-refractivity contribution in [2.75, 3.05) is 79.3 Å². The Morgan fingerprint density at radius 2 is 1.78 bits per heavy atom. The molecule has 3 aliphatic rings. The number of carbonyl (C=O) groups is 2. The molecule has 3 aromatic rings. The van der Waals surface area contributed by atoms with Gasteiger partial charge in [-0.1, -0.05) is 18.2 Å². The maximum absolute atomic E-state index is 12.7. The van der Waals surface area contributed by atoms with E-state index in [4.69, 9.17) is 24.1 Å². The number of alkyl halides is 3. The van der Waals surface area contributed by atoms with Crippen LogP contribution in [-0.2, 0) is 21.5 Å². The highest BCUT2D eigenvalue weighted by atomic mass is 19.4. The van der Waals surface area contributed by atoms with Gasteiger partial charge in [0.15, 0.2) is 0 Å². The summed E-state index contributed by atoms with van der Waals surface area (Å²) in [5, 5.41) is 11.5. The zero-order valence-corrected chi connectivity index (χ0v) is 25.8. The van der Waals surface area contributed by atoms with E-state index in [1.54, 1.807) is 7.11 Å². The molecule has 2 amide bonds. The summed E-state index contributed by atoms with van der Waals surface area (Å²) in [5.41, 5.74) is 3.76. The average molecular weight is 648 g/mol. The lowest BCUT2D eigenvalue weighted by Gasteiger charge is -2.45. The van der Waals surface area contributed by atoms with Gasteiger partial charge < -0.3 is 34.5 Å². The zero-order valence-electron chi connectivity index (χ0n) is 25.8. The highest BCUT2D eigenvalue weighted by Crippen LogP contribution is 2.45. The average Bonchev–Trinajstić information content (AvgIpc) is 3.65. The summed E-state index contributed by atoms with van der Waals surface area (Å²) in [7, 11) is 1.72. The summed E-state index contributed by atoms with van der Waals surface area (Å²) >= 11 is 0. The SMILES string of the molecule is COc1ccc2[nH]c3c(c2c1)CCN(CCNC(=O)N1CCOCC1)C31CCN(CCOc2ccccc2)C1.O=C(O)C(F)(F)F. The van der Waals surface area contributed by atoms with Crippen LogP contribution in [0.25, 0.3) is 10.9 Å². The van der Waals surface area contributed by atoms with Gasteiger partial charge >= 0.3 is 18.2 Å². The number of aliphatic carboxylic acids is 1. The van der Waals surface area contributed by atoms with E-state index in [2.05, 4.69) is 32.2 Å². The normalized spacial score (nSPS) is 20.2. The second-order valence-electron chi connectivity index (χ2n) is 11.5. The van der Waals surface area contributed by atoms with Crippen LogP contribution in [0.1, 0.15) is 17.7 Å². The molecule has 6 rings (SSSR count). The quantitative estimate of drug-likeness (QED) is 0.339. The van der Waals surface area contributed by atoms with Crippen molar-refractivity contribution in [3.8, 4) is 11.5 Å². The first-order valence-electron chi connectivity index (χ1n) is 15.4. The predicted molar refractivity (Wildman–Crippen MR) is 164 cm³/mol. The molecule has 0 radical (unpaired) electrons. The molecule has 0 bridgehead atoms. The van der Waals surface area contributed by atoms with Crippen LogP contribution >= 0.6 is 0 Å². The van der Waals surface area contributed by atoms with Crippen LogP contribution in [0.5, 0.6) is 11.5 Å². The molecule has 1 atom stereocenters. The molecule has 14 heteroatoms. The Bertz CT molecular complexity index is 1480. The van der Waals surface area contributed by atoms with E-state index >= 15 is 0 Å². The van der Waals surface area contributed by atoms with Crippen molar-refractivity contribution in [1.82, 2.24) is 25.0 Å². The number of aromatic nitrogens is 1. The summed E-state index contributed by atoms with van der Waals surface area (Å²) in [4.78, 5) is 32.4. The number of fused-ring (bicyclic) bond motifs is 4. The number of carboxylic acid groups (broad SMARTS) is 1.